The van der Waals surface area contributed by atoms with E-state index in [0.717, 1.165) is 12.1 Å². The number of aromatic nitrogens is 1. The van der Waals surface area contributed by atoms with E-state index in [2.05, 4.69) is 4.98 Å². The maximum Gasteiger partial charge on any atom is 0.471 e. The molecule has 23 heavy (non-hydrogen) atoms. The second-order valence-corrected chi connectivity index (χ2v) is 5.40. The Hall–Kier alpha value is -2.49. The fraction of sp³-hybridized carbons (Fsp3) is 0.154. The number of amides is 1. The van der Waals surface area contributed by atoms with Gasteiger partial charge in [-0.3, -0.25) is 14.9 Å². The molecule has 5 nitrogen and oxygen atoms in total. The Morgan fingerprint density at radius 3 is 2.35 bits per heavy atom. The number of benzene rings is 1. The molecule has 0 radical (unpaired) electrons. The van der Waals surface area contributed by atoms with Gasteiger partial charge in [-0.2, -0.15) is 13.2 Å². The van der Waals surface area contributed by atoms with Crippen LogP contribution in [0.4, 0.5) is 22.7 Å². The fourth-order valence-electron chi connectivity index (χ4n) is 1.66. The minimum atomic E-state index is -5.09. The van der Waals surface area contributed by atoms with Crippen LogP contribution < -0.4 is 5.32 Å². The highest BCUT2D eigenvalue weighted by atomic mass is 32.1. The molecule has 10 heteroatoms. The van der Waals surface area contributed by atoms with E-state index in [4.69, 9.17) is 5.11 Å². The highest BCUT2D eigenvalue weighted by molar-refractivity contribution is 7.16. The van der Waals surface area contributed by atoms with Crippen molar-refractivity contribution < 1.29 is 32.3 Å². The summed E-state index contributed by atoms with van der Waals surface area (Å²) in [6.45, 7) is 0. The lowest BCUT2D eigenvalue weighted by molar-refractivity contribution is -0.167. The molecule has 0 aliphatic rings. The van der Waals surface area contributed by atoms with Gasteiger partial charge < -0.3 is 5.11 Å². The van der Waals surface area contributed by atoms with Gasteiger partial charge in [-0.15, -0.1) is 11.3 Å². The Labute approximate surface area is 130 Å². The summed E-state index contributed by atoms with van der Waals surface area (Å²) in [6, 6.07) is 4.83. The number of rotatable bonds is 4. The van der Waals surface area contributed by atoms with E-state index < -0.39 is 30.3 Å². The molecule has 1 heterocycles. The van der Waals surface area contributed by atoms with E-state index in [9.17, 15) is 27.2 Å². The summed E-state index contributed by atoms with van der Waals surface area (Å²) >= 11 is 0.614. The van der Waals surface area contributed by atoms with Gasteiger partial charge in [0.2, 0.25) is 0 Å². The molecule has 0 saturated heterocycles. The highest BCUT2D eigenvalue weighted by Gasteiger charge is 2.39. The third kappa shape index (κ3) is 4.25. The summed E-state index contributed by atoms with van der Waals surface area (Å²) in [7, 11) is 0. The van der Waals surface area contributed by atoms with E-state index in [1.54, 1.807) is 5.32 Å². The molecule has 1 aromatic heterocycles. The average molecular weight is 348 g/mol. The van der Waals surface area contributed by atoms with Gasteiger partial charge in [0.05, 0.1) is 12.1 Å². The topological polar surface area (TPSA) is 79.3 Å². The molecule has 0 fully saturated rings. The molecule has 0 bridgehead atoms. The lowest BCUT2D eigenvalue weighted by Gasteiger charge is -2.04. The maximum atomic E-state index is 12.9. The molecule has 0 saturated carbocycles. The van der Waals surface area contributed by atoms with E-state index in [-0.39, 0.29) is 15.7 Å². The number of hydrogen-bond acceptors (Lipinski definition) is 4. The van der Waals surface area contributed by atoms with Gasteiger partial charge in [-0.1, -0.05) is 0 Å². The standard InChI is InChI=1S/C13H8F4N2O3S/c14-7-3-1-6(2-4-7)10-8(5-9(20)21)23-12(18-10)19-11(22)13(15,16)17/h1-4H,5H2,(H,20,21)(H,18,19,22). The fourth-order valence-corrected chi connectivity index (χ4v) is 2.63. The van der Waals surface area contributed by atoms with Gasteiger partial charge in [-0.25, -0.2) is 9.37 Å². The molecular formula is C13H8F4N2O3S. The zero-order valence-electron chi connectivity index (χ0n) is 11.1. The number of halogens is 4. The summed E-state index contributed by atoms with van der Waals surface area (Å²) in [6.07, 6.45) is -5.58. The SMILES string of the molecule is O=C(O)Cc1sc(NC(=O)C(F)(F)F)nc1-c1ccc(F)cc1. The Morgan fingerprint density at radius 1 is 1.22 bits per heavy atom. The van der Waals surface area contributed by atoms with Crippen molar-refractivity contribution in [2.45, 2.75) is 12.6 Å². The number of anilines is 1. The quantitative estimate of drug-likeness (QED) is 0.833. The summed E-state index contributed by atoms with van der Waals surface area (Å²) in [5.74, 6) is -3.96. The van der Waals surface area contributed by atoms with Crippen LogP contribution in [0.2, 0.25) is 0 Å². The van der Waals surface area contributed by atoms with Gasteiger partial charge in [0.1, 0.15) is 5.82 Å². The van der Waals surface area contributed by atoms with Crippen LogP contribution in [0.3, 0.4) is 0 Å². The molecule has 0 unspecified atom stereocenters. The largest absolute Gasteiger partial charge is 0.481 e. The van der Waals surface area contributed by atoms with Crippen LogP contribution in [-0.2, 0) is 16.0 Å². The lowest BCUT2D eigenvalue weighted by atomic mass is 10.1. The number of carbonyl (C=O) groups excluding carboxylic acids is 1. The minimum absolute atomic E-state index is 0.0786. The van der Waals surface area contributed by atoms with Crippen LogP contribution in [0.1, 0.15) is 4.88 Å². The highest BCUT2D eigenvalue weighted by Crippen LogP contribution is 2.32. The zero-order chi connectivity index (χ0) is 17.2. The van der Waals surface area contributed by atoms with Crippen LogP contribution in [0.15, 0.2) is 24.3 Å². The number of nitrogens with zero attached hydrogens (tertiary/aromatic N) is 1. The number of carboxylic acids is 1. The number of alkyl halides is 3. The van der Waals surface area contributed by atoms with E-state index >= 15 is 0 Å². The first-order valence-corrected chi connectivity index (χ1v) is 6.84. The Morgan fingerprint density at radius 2 is 1.83 bits per heavy atom. The first kappa shape index (κ1) is 16.9. The van der Waals surface area contributed by atoms with Crippen LogP contribution in [0.25, 0.3) is 11.3 Å². The number of hydrogen-bond donors (Lipinski definition) is 2. The van der Waals surface area contributed by atoms with Crippen LogP contribution in [0, 0.1) is 5.82 Å². The van der Waals surface area contributed by atoms with Crippen molar-refractivity contribution in [1.29, 1.82) is 0 Å². The van der Waals surface area contributed by atoms with Crippen molar-refractivity contribution in [2.75, 3.05) is 5.32 Å². The summed E-state index contributed by atoms with van der Waals surface area (Å²) < 4.78 is 49.7. The molecule has 0 aliphatic carbocycles. The summed E-state index contributed by atoms with van der Waals surface area (Å²) in [4.78, 5) is 25.7. The molecule has 0 atom stereocenters. The number of nitrogens with one attached hydrogen (secondary N) is 1. The molecule has 122 valence electrons. The zero-order valence-corrected chi connectivity index (χ0v) is 12.0. The Balaban J connectivity index is 2.38. The Kier molecular flexibility index (Phi) is 4.64. The molecule has 2 aromatic rings. The van der Waals surface area contributed by atoms with Crippen molar-refractivity contribution >= 4 is 28.3 Å². The maximum absolute atomic E-state index is 12.9. The van der Waals surface area contributed by atoms with Crippen molar-refractivity contribution in [3.8, 4) is 11.3 Å². The third-order valence-electron chi connectivity index (χ3n) is 2.60. The molecule has 2 N–H and O–H groups in total. The van der Waals surface area contributed by atoms with Gasteiger partial charge in [0, 0.05) is 10.4 Å². The minimum Gasteiger partial charge on any atom is -0.481 e. The van der Waals surface area contributed by atoms with Crippen molar-refractivity contribution in [3.63, 3.8) is 0 Å². The first-order valence-electron chi connectivity index (χ1n) is 6.02. The van der Waals surface area contributed by atoms with Crippen LogP contribution in [-0.4, -0.2) is 28.1 Å². The van der Waals surface area contributed by atoms with E-state index in [1.165, 1.54) is 12.1 Å². The molecule has 0 aliphatic heterocycles. The molecule has 1 amide bonds. The normalized spacial score (nSPS) is 11.3. The number of carboxylic acid groups (broad SMARTS) is 1. The summed E-state index contributed by atoms with van der Waals surface area (Å²) in [5.41, 5.74) is 0.404. The van der Waals surface area contributed by atoms with Gasteiger partial charge in [-0.05, 0) is 24.3 Å². The van der Waals surface area contributed by atoms with Crippen LogP contribution >= 0.6 is 11.3 Å². The number of carbonyl (C=O) groups is 2. The molecular weight excluding hydrogens is 340 g/mol. The van der Waals surface area contributed by atoms with E-state index in [0.29, 0.717) is 16.9 Å². The van der Waals surface area contributed by atoms with Crippen molar-refractivity contribution in [1.82, 2.24) is 4.98 Å². The van der Waals surface area contributed by atoms with Gasteiger partial charge in [0.15, 0.2) is 5.13 Å². The number of aliphatic carboxylic acids is 1. The predicted octanol–water partition coefficient (Wildman–Crippen LogP) is 3.08. The third-order valence-corrected chi connectivity index (χ3v) is 3.58. The van der Waals surface area contributed by atoms with Crippen molar-refractivity contribution in [2.24, 2.45) is 0 Å². The number of thiazole rings is 1. The second kappa shape index (κ2) is 6.32. The Bertz CT molecular complexity index is 741. The smallest absolute Gasteiger partial charge is 0.471 e. The first-order chi connectivity index (χ1) is 10.7. The van der Waals surface area contributed by atoms with E-state index in [1.807, 2.05) is 0 Å². The predicted molar refractivity (Wildman–Crippen MR) is 73.5 cm³/mol. The average Bonchev–Trinajstić information content (AvgIpc) is 2.80. The van der Waals surface area contributed by atoms with Crippen molar-refractivity contribution in [3.05, 3.63) is 35.0 Å². The molecule has 1 aromatic carbocycles. The summed E-state index contributed by atoms with van der Waals surface area (Å²) in [5, 5.41) is 10.0. The van der Waals surface area contributed by atoms with Gasteiger partial charge >= 0.3 is 18.1 Å². The van der Waals surface area contributed by atoms with Crippen LogP contribution in [0.5, 0.6) is 0 Å². The molecule has 2 rings (SSSR count). The monoisotopic (exact) mass is 348 g/mol. The van der Waals surface area contributed by atoms with Gasteiger partial charge in [0.25, 0.3) is 0 Å². The molecule has 0 spiro atoms. The second-order valence-electron chi connectivity index (χ2n) is 4.32. The lowest BCUT2D eigenvalue weighted by Crippen LogP contribution is -2.29.